The molecule has 138 valence electrons. The molecule has 0 radical (unpaired) electrons. The van der Waals surface area contributed by atoms with E-state index in [1.165, 1.54) is 15.8 Å². The Bertz CT molecular complexity index is 976. The van der Waals surface area contributed by atoms with Crippen LogP contribution in [-0.4, -0.2) is 23.5 Å². The maximum absolute atomic E-state index is 11.9. The van der Waals surface area contributed by atoms with Gasteiger partial charge in [-0.1, -0.05) is 24.3 Å². The van der Waals surface area contributed by atoms with E-state index in [0.29, 0.717) is 19.4 Å². The number of amides is 1. The van der Waals surface area contributed by atoms with Crippen LogP contribution in [0.4, 0.5) is 0 Å². The number of benzene rings is 2. The highest BCUT2D eigenvalue weighted by atomic mass is 32.1. The van der Waals surface area contributed by atoms with Crippen LogP contribution in [0.5, 0.6) is 5.75 Å². The summed E-state index contributed by atoms with van der Waals surface area (Å²) in [4.78, 5) is 16.6. The molecule has 0 saturated heterocycles. The van der Waals surface area contributed by atoms with E-state index >= 15 is 0 Å². The third kappa shape index (κ3) is 3.74. The molecule has 4 rings (SSSR count). The average molecular weight is 378 g/mol. The largest absolute Gasteiger partial charge is 0.487 e. The summed E-state index contributed by atoms with van der Waals surface area (Å²) in [5, 5.41) is 3.94. The van der Waals surface area contributed by atoms with Crippen molar-refractivity contribution in [3.05, 3.63) is 60.2 Å². The molecule has 4 nitrogen and oxygen atoms in total. The number of aryl methyl sites for hydroxylation is 1. The zero-order valence-electron chi connectivity index (χ0n) is 15.3. The van der Waals surface area contributed by atoms with E-state index in [4.69, 9.17) is 9.72 Å². The summed E-state index contributed by atoms with van der Waals surface area (Å²) in [6, 6.07) is 12.5. The van der Waals surface area contributed by atoms with Gasteiger partial charge < -0.3 is 10.1 Å². The molecule has 2 heterocycles. The molecule has 0 aliphatic carbocycles. The summed E-state index contributed by atoms with van der Waals surface area (Å²) in [7, 11) is 0. The van der Waals surface area contributed by atoms with Crippen molar-refractivity contribution in [3.8, 4) is 16.3 Å². The van der Waals surface area contributed by atoms with Crippen LogP contribution in [-0.2, 0) is 11.2 Å². The molecule has 1 aromatic heterocycles. The summed E-state index contributed by atoms with van der Waals surface area (Å²) >= 11 is 1.68. The zero-order valence-corrected chi connectivity index (χ0v) is 16.1. The van der Waals surface area contributed by atoms with E-state index < -0.39 is 0 Å². The molecule has 0 bridgehead atoms. The van der Waals surface area contributed by atoms with Crippen molar-refractivity contribution >= 4 is 27.5 Å². The van der Waals surface area contributed by atoms with Crippen LogP contribution >= 0.6 is 11.3 Å². The highest BCUT2D eigenvalue weighted by Crippen LogP contribution is 2.42. The second-order valence-corrected chi connectivity index (χ2v) is 7.89. The predicted molar refractivity (Wildman–Crippen MR) is 110 cm³/mol. The number of carbonyl (C=O) groups is 1. The first-order valence-electron chi connectivity index (χ1n) is 9.18. The lowest BCUT2D eigenvalue weighted by Crippen LogP contribution is -2.34. The molecule has 1 atom stereocenters. The molecule has 1 aliphatic heterocycles. The van der Waals surface area contributed by atoms with Gasteiger partial charge in [0.25, 0.3) is 0 Å². The standard InChI is InChI=1S/C22H22N2O2S/c1-3-4-9-20(25)23-13-16-12-15-10-14(2)11-17(21(15)26-16)22-24-18-7-5-6-8-19(18)27-22/h3,5-8,10-11,16H,1,4,9,12-13H2,2H3,(H,23,25)/t16-/m0/s1. The lowest BCUT2D eigenvalue weighted by atomic mass is 10.0. The van der Waals surface area contributed by atoms with E-state index in [2.05, 4.69) is 37.0 Å². The third-order valence-corrected chi connectivity index (χ3v) is 5.74. The first-order valence-corrected chi connectivity index (χ1v) is 9.99. The van der Waals surface area contributed by atoms with Gasteiger partial charge in [-0.2, -0.15) is 0 Å². The number of para-hydroxylation sites is 1. The highest BCUT2D eigenvalue weighted by Gasteiger charge is 2.27. The topological polar surface area (TPSA) is 51.2 Å². The fourth-order valence-corrected chi connectivity index (χ4v) is 4.38. The second kappa shape index (κ2) is 7.53. The normalized spacial score (nSPS) is 15.4. The monoisotopic (exact) mass is 378 g/mol. The molecule has 5 heteroatoms. The van der Waals surface area contributed by atoms with Gasteiger partial charge in [0, 0.05) is 12.8 Å². The molecule has 1 aliphatic rings. The average Bonchev–Trinajstić information content (AvgIpc) is 3.27. The smallest absolute Gasteiger partial charge is 0.220 e. The number of carbonyl (C=O) groups excluding carboxylic acids is 1. The summed E-state index contributed by atoms with van der Waals surface area (Å²) in [5.74, 6) is 0.946. The Morgan fingerprint density at radius 1 is 1.41 bits per heavy atom. The van der Waals surface area contributed by atoms with Crippen LogP contribution in [0.15, 0.2) is 49.1 Å². The van der Waals surface area contributed by atoms with E-state index in [1.807, 2.05) is 18.2 Å². The summed E-state index contributed by atoms with van der Waals surface area (Å²) in [6.45, 7) is 6.27. The molecule has 2 aromatic carbocycles. The van der Waals surface area contributed by atoms with Crippen molar-refractivity contribution in [1.29, 1.82) is 0 Å². The summed E-state index contributed by atoms with van der Waals surface area (Å²) < 4.78 is 7.40. The number of fused-ring (bicyclic) bond motifs is 2. The minimum atomic E-state index is -0.0393. The van der Waals surface area contributed by atoms with Gasteiger partial charge in [0.05, 0.1) is 22.3 Å². The molecule has 1 amide bonds. The van der Waals surface area contributed by atoms with Crippen molar-refractivity contribution in [3.63, 3.8) is 0 Å². The first-order chi connectivity index (χ1) is 13.1. The maximum atomic E-state index is 11.9. The van der Waals surface area contributed by atoms with Gasteiger partial charge >= 0.3 is 0 Å². The molecular formula is C22H22N2O2S. The first kappa shape index (κ1) is 17.7. The Labute approximate surface area is 162 Å². The van der Waals surface area contributed by atoms with Gasteiger partial charge in [-0.15, -0.1) is 17.9 Å². The maximum Gasteiger partial charge on any atom is 0.220 e. The van der Waals surface area contributed by atoms with Crippen LogP contribution < -0.4 is 10.1 Å². The minimum Gasteiger partial charge on any atom is -0.487 e. The fraction of sp³-hybridized carbons (Fsp3) is 0.273. The van der Waals surface area contributed by atoms with Crippen LogP contribution in [0, 0.1) is 6.92 Å². The van der Waals surface area contributed by atoms with Crippen LogP contribution in [0.3, 0.4) is 0 Å². The summed E-state index contributed by atoms with van der Waals surface area (Å²) in [5.41, 5.74) is 4.44. The molecule has 0 fully saturated rings. The SMILES string of the molecule is C=CCCC(=O)NC[C@@H]1Cc2cc(C)cc(-c3nc4ccccc4s3)c2O1. The number of ether oxygens (including phenoxy) is 1. The third-order valence-electron chi connectivity index (χ3n) is 4.67. The Morgan fingerprint density at radius 3 is 3.07 bits per heavy atom. The van der Waals surface area contributed by atoms with Crippen molar-refractivity contribution < 1.29 is 9.53 Å². The number of rotatable bonds is 6. The highest BCUT2D eigenvalue weighted by molar-refractivity contribution is 7.21. The number of thiazole rings is 1. The van der Waals surface area contributed by atoms with Crippen LogP contribution in [0.25, 0.3) is 20.8 Å². The Balaban J connectivity index is 1.56. The molecule has 1 N–H and O–H groups in total. The van der Waals surface area contributed by atoms with Gasteiger partial charge in [-0.25, -0.2) is 4.98 Å². The van der Waals surface area contributed by atoms with Gasteiger partial charge in [0.2, 0.25) is 5.91 Å². The van der Waals surface area contributed by atoms with Gasteiger partial charge in [0.15, 0.2) is 0 Å². The summed E-state index contributed by atoms with van der Waals surface area (Å²) in [6.07, 6.45) is 3.69. The molecule has 0 saturated carbocycles. The molecule has 27 heavy (non-hydrogen) atoms. The fourth-order valence-electron chi connectivity index (χ4n) is 3.40. The molecule has 3 aromatic rings. The molecule has 0 spiro atoms. The van der Waals surface area contributed by atoms with E-state index in [1.54, 1.807) is 17.4 Å². The van der Waals surface area contributed by atoms with Crippen molar-refractivity contribution in [2.45, 2.75) is 32.3 Å². The zero-order chi connectivity index (χ0) is 18.8. The Kier molecular flexibility index (Phi) is 4.94. The number of hydrogen-bond donors (Lipinski definition) is 1. The van der Waals surface area contributed by atoms with Crippen LogP contribution in [0.1, 0.15) is 24.0 Å². The van der Waals surface area contributed by atoms with E-state index in [0.717, 1.165) is 28.3 Å². The van der Waals surface area contributed by atoms with Gasteiger partial charge in [-0.05, 0) is 42.7 Å². The number of nitrogens with one attached hydrogen (secondary N) is 1. The second-order valence-electron chi connectivity index (χ2n) is 6.86. The predicted octanol–water partition coefficient (Wildman–Crippen LogP) is 4.66. The Hall–Kier alpha value is -2.66. The minimum absolute atomic E-state index is 0.0389. The quantitative estimate of drug-likeness (QED) is 0.635. The number of hydrogen-bond acceptors (Lipinski definition) is 4. The number of allylic oxidation sites excluding steroid dienone is 1. The van der Waals surface area contributed by atoms with Gasteiger partial charge in [0.1, 0.15) is 16.9 Å². The van der Waals surface area contributed by atoms with Crippen LogP contribution in [0.2, 0.25) is 0 Å². The molecular weight excluding hydrogens is 356 g/mol. The number of nitrogens with zero attached hydrogens (tertiary/aromatic N) is 1. The van der Waals surface area contributed by atoms with E-state index in [-0.39, 0.29) is 12.0 Å². The van der Waals surface area contributed by atoms with E-state index in [9.17, 15) is 4.79 Å². The lowest BCUT2D eigenvalue weighted by Gasteiger charge is -2.13. The van der Waals surface area contributed by atoms with Crippen molar-refractivity contribution in [2.24, 2.45) is 0 Å². The Morgan fingerprint density at radius 2 is 2.26 bits per heavy atom. The van der Waals surface area contributed by atoms with Crippen molar-refractivity contribution in [1.82, 2.24) is 10.3 Å². The molecule has 0 unspecified atom stereocenters. The number of aromatic nitrogens is 1. The lowest BCUT2D eigenvalue weighted by molar-refractivity contribution is -0.121. The van der Waals surface area contributed by atoms with Gasteiger partial charge in [-0.3, -0.25) is 4.79 Å². The van der Waals surface area contributed by atoms with Crippen molar-refractivity contribution in [2.75, 3.05) is 6.54 Å².